The van der Waals surface area contributed by atoms with Crippen molar-refractivity contribution < 1.29 is 5.11 Å². The predicted octanol–water partition coefficient (Wildman–Crippen LogP) is 2.45. The van der Waals surface area contributed by atoms with Crippen LogP contribution in [0.4, 0.5) is 0 Å². The lowest BCUT2D eigenvalue weighted by Crippen LogP contribution is -2.13. The Labute approximate surface area is 85.3 Å². The molecule has 0 radical (unpaired) electrons. The Bertz CT molecular complexity index is 294. The van der Waals surface area contributed by atoms with Crippen molar-refractivity contribution in [3.63, 3.8) is 0 Å². The molecule has 2 N–H and O–H groups in total. The van der Waals surface area contributed by atoms with Crippen molar-refractivity contribution >= 4 is 0 Å². The zero-order valence-corrected chi connectivity index (χ0v) is 8.53. The van der Waals surface area contributed by atoms with Gasteiger partial charge in [0, 0.05) is 12.1 Å². The average Bonchev–Trinajstić information content (AvgIpc) is 2.20. The monoisotopic (exact) mass is 191 g/mol. The molecule has 1 rings (SSSR count). The van der Waals surface area contributed by atoms with Gasteiger partial charge in [-0.25, -0.2) is 0 Å². The van der Waals surface area contributed by atoms with Gasteiger partial charge in [0.25, 0.3) is 0 Å². The standard InChI is InChI=1S/C12H17NO/c1-2-3-6-9-13-10-11-7-4-5-8-12(11)14/h2-5,7-8,13-14H,6,9-10H2,1H3. The number of phenols is 1. The normalized spacial score (nSPS) is 10.9. The van der Waals surface area contributed by atoms with Crippen LogP contribution in [-0.4, -0.2) is 11.7 Å². The molecule has 0 saturated heterocycles. The molecule has 0 amide bonds. The highest BCUT2D eigenvalue weighted by atomic mass is 16.3. The lowest BCUT2D eigenvalue weighted by molar-refractivity contribution is 0.464. The highest BCUT2D eigenvalue weighted by molar-refractivity contribution is 5.31. The second-order valence-corrected chi connectivity index (χ2v) is 3.16. The minimum atomic E-state index is 0.367. The van der Waals surface area contributed by atoms with Gasteiger partial charge in [-0.05, 0) is 26.0 Å². The molecule has 0 heterocycles. The van der Waals surface area contributed by atoms with E-state index in [0.29, 0.717) is 5.75 Å². The molecule has 0 atom stereocenters. The zero-order valence-electron chi connectivity index (χ0n) is 8.53. The fourth-order valence-electron chi connectivity index (χ4n) is 1.24. The molecule has 14 heavy (non-hydrogen) atoms. The van der Waals surface area contributed by atoms with E-state index in [4.69, 9.17) is 0 Å². The Hall–Kier alpha value is -1.28. The maximum atomic E-state index is 9.46. The van der Waals surface area contributed by atoms with Crippen LogP contribution in [0, 0.1) is 0 Å². The maximum Gasteiger partial charge on any atom is 0.120 e. The molecular weight excluding hydrogens is 174 g/mol. The molecule has 0 unspecified atom stereocenters. The Morgan fingerprint density at radius 1 is 1.36 bits per heavy atom. The number of hydrogen-bond donors (Lipinski definition) is 2. The van der Waals surface area contributed by atoms with Crippen molar-refractivity contribution in [3.05, 3.63) is 42.0 Å². The van der Waals surface area contributed by atoms with E-state index in [2.05, 4.69) is 11.4 Å². The van der Waals surface area contributed by atoms with Gasteiger partial charge in [-0.15, -0.1) is 0 Å². The zero-order chi connectivity index (χ0) is 10.2. The third kappa shape index (κ3) is 3.62. The number of para-hydroxylation sites is 1. The molecule has 2 heteroatoms. The first kappa shape index (κ1) is 10.8. The van der Waals surface area contributed by atoms with Crippen molar-refractivity contribution in [1.82, 2.24) is 5.32 Å². The van der Waals surface area contributed by atoms with Crippen molar-refractivity contribution in [2.75, 3.05) is 6.54 Å². The number of benzene rings is 1. The van der Waals surface area contributed by atoms with E-state index < -0.39 is 0 Å². The van der Waals surface area contributed by atoms with Gasteiger partial charge < -0.3 is 10.4 Å². The molecule has 0 fully saturated rings. The highest BCUT2D eigenvalue weighted by Crippen LogP contribution is 2.14. The van der Waals surface area contributed by atoms with E-state index in [1.54, 1.807) is 6.07 Å². The van der Waals surface area contributed by atoms with Crippen LogP contribution in [0.5, 0.6) is 5.75 Å². The third-order valence-corrected chi connectivity index (χ3v) is 2.03. The Balaban J connectivity index is 2.28. The number of aromatic hydroxyl groups is 1. The van der Waals surface area contributed by atoms with E-state index in [1.165, 1.54) is 0 Å². The number of allylic oxidation sites excluding steroid dienone is 1. The van der Waals surface area contributed by atoms with E-state index in [-0.39, 0.29) is 0 Å². The molecule has 1 aromatic rings. The molecule has 0 spiro atoms. The van der Waals surface area contributed by atoms with Gasteiger partial charge in [0.2, 0.25) is 0 Å². The van der Waals surface area contributed by atoms with Crippen molar-refractivity contribution in [1.29, 1.82) is 0 Å². The first-order valence-corrected chi connectivity index (χ1v) is 4.93. The highest BCUT2D eigenvalue weighted by Gasteiger charge is 1.96. The van der Waals surface area contributed by atoms with Crippen LogP contribution in [0.25, 0.3) is 0 Å². The van der Waals surface area contributed by atoms with Crippen molar-refractivity contribution in [3.8, 4) is 5.75 Å². The second-order valence-electron chi connectivity index (χ2n) is 3.16. The van der Waals surface area contributed by atoms with Crippen LogP contribution in [0.15, 0.2) is 36.4 Å². The Morgan fingerprint density at radius 2 is 2.14 bits per heavy atom. The van der Waals surface area contributed by atoms with E-state index in [0.717, 1.165) is 25.1 Å². The van der Waals surface area contributed by atoms with Crippen LogP contribution >= 0.6 is 0 Å². The van der Waals surface area contributed by atoms with Gasteiger partial charge in [0.1, 0.15) is 5.75 Å². The summed E-state index contributed by atoms with van der Waals surface area (Å²) >= 11 is 0. The summed E-state index contributed by atoms with van der Waals surface area (Å²) in [5, 5.41) is 12.7. The Kier molecular flexibility index (Phi) is 4.79. The number of rotatable bonds is 5. The SMILES string of the molecule is CC=CCCNCc1ccccc1O. The molecule has 0 saturated carbocycles. The summed E-state index contributed by atoms with van der Waals surface area (Å²) in [6, 6.07) is 7.41. The first-order chi connectivity index (χ1) is 6.84. The number of nitrogens with one attached hydrogen (secondary N) is 1. The van der Waals surface area contributed by atoms with E-state index >= 15 is 0 Å². The van der Waals surface area contributed by atoms with Crippen LogP contribution in [0.1, 0.15) is 18.9 Å². The van der Waals surface area contributed by atoms with Crippen LogP contribution in [0.3, 0.4) is 0 Å². The lowest BCUT2D eigenvalue weighted by Gasteiger charge is -2.04. The minimum absolute atomic E-state index is 0.367. The third-order valence-electron chi connectivity index (χ3n) is 2.03. The molecule has 0 aromatic heterocycles. The Morgan fingerprint density at radius 3 is 2.86 bits per heavy atom. The molecule has 76 valence electrons. The van der Waals surface area contributed by atoms with Gasteiger partial charge in [-0.2, -0.15) is 0 Å². The molecule has 0 bridgehead atoms. The predicted molar refractivity (Wildman–Crippen MR) is 59.2 cm³/mol. The summed E-state index contributed by atoms with van der Waals surface area (Å²) in [5.74, 6) is 0.367. The average molecular weight is 191 g/mol. The second kappa shape index (κ2) is 6.22. The maximum absolute atomic E-state index is 9.46. The minimum Gasteiger partial charge on any atom is -0.508 e. The first-order valence-electron chi connectivity index (χ1n) is 4.93. The van der Waals surface area contributed by atoms with E-state index in [1.807, 2.05) is 31.2 Å². The topological polar surface area (TPSA) is 32.3 Å². The fourth-order valence-corrected chi connectivity index (χ4v) is 1.24. The molecule has 0 aliphatic carbocycles. The molecule has 0 aliphatic rings. The smallest absolute Gasteiger partial charge is 0.120 e. The molecule has 0 aliphatic heterocycles. The summed E-state index contributed by atoms with van der Waals surface area (Å²) in [5.41, 5.74) is 0.952. The lowest BCUT2D eigenvalue weighted by atomic mass is 10.2. The summed E-state index contributed by atoms with van der Waals surface area (Å²) in [6.07, 6.45) is 5.20. The van der Waals surface area contributed by atoms with Crippen LogP contribution in [-0.2, 0) is 6.54 Å². The number of phenolic OH excluding ortho intramolecular Hbond substituents is 1. The summed E-state index contributed by atoms with van der Waals surface area (Å²) < 4.78 is 0. The van der Waals surface area contributed by atoms with Gasteiger partial charge >= 0.3 is 0 Å². The van der Waals surface area contributed by atoms with Gasteiger partial charge in [0.05, 0.1) is 0 Å². The van der Waals surface area contributed by atoms with Crippen molar-refractivity contribution in [2.45, 2.75) is 19.9 Å². The number of hydrogen-bond acceptors (Lipinski definition) is 2. The largest absolute Gasteiger partial charge is 0.508 e. The summed E-state index contributed by atoms with van der Waals surface area (Å²) in [4.78, 5) is 0. The quantitative estimate of drug-likeness (QED) is 0.553. The molecular formula is C12H17NO. The van der Waals surface area contributed by atoms with Gasteiger partial charge in [-0.3, -0.25) is 0 Å². The van der Waals surface area contributed by atoms with Crippen molar-refractivity contribution in [2.24, 2.45) is 0 Å². The van der Waals surface area contributed by atoms with Gasteiger partial charge in [-0.1, -0.05) is 30.4 Å². The summed E-state index contributed by atoms with van der Waals surface area (Å²) in [7, 11) is 0. The summed E-state index contributed by atoms with van der Waals surface area (Å²) in [6.45, 7) is 3.69. The van der Waals surface area contributed by atoms with E-state index in [9.17, 15) is 5.11 Å². The van der Waals surface area contributed by atoms with Crippen LogP contribution in [0.2, 0.25) is 0 Å². The molecule has 2 nitrogen and oxygen atoms in total. The van der Waals surface area contributed by atoms with Gasteiger partial charge in [0.15, 0.2) is 0 Å². The van der Waals surface area contributed by atoms with Crippen LogP contribution < -0.4 is 5.32 Å². The fraction of sp³-hybridized carbons (Fsp3) is 0.333. The molecule has 1 aromatic carbocycles.